The maximum Gasteiger partial charge on any atom is 0.417 e. The molecule has 7 heteroatoms. The van der Waals surface area contributed by atoms with Crippen molar-refractivity contribution in [2.45, 2.75) is 6.18 Å². The van der Waals surface area contributed by atoms with Gasteiger partial charge in [-0.3, -0.25) is 4.79 Å². The van der Waals surface area contributed by atoms with E-state index >= 15 is 0 Å². The van der Waals surface area contributed by atoms with E-state index in [4.69, 9.17) is 11.0 Å². The third-order valence-corrected chi connectivity index (χ3v) is 3.04. The highest BCUT2D eigenvalue weighted by Crippen LogP contribution is 2.35. The monoisotopic (exact) mass is 306 g/mol. The summed E-state index contributed by atoms with van der Waals surface area (Å²) in [5.41, 5.74) is 3.73. The van der Waals surface area contributed by atoms with E-state index < -0.39 is 23.2 Å². The van der Waals surface area contributed by atoms with Crippen molar-refractivity contribution in [2.75, 3.05) is 0 Å². The highest BCUT2D eigenvalue weighted by Gasteiger charge is 2.33. The second-order valence-electron chi connectivity index (χ2n) is 4.47. The molecule has 112 valence electrons. The van der Waals surface area contributed by atoms with Gasteiger partial charge in [0.2, 0.25) is 0 Å². The lowest BCUT2D eigenvalue weighted by molar-refractivity contribution is -0.137. The van der Waals surface area contributed by atoms with Gasteiger partial charge in [-0.05, 0) is 35.4 Å². The van der Waals surface area contributed by atoms with Gasteiger partial charge >= 0.3 is 6.18 Å². The van der Waals surface area contributed by atoms with Crippen LogP contribution in [0.2, 0.25) is 0 Å². The summed E-state index contributed by atoms with van der Waals surface area (Å²) < 4.78 is 38.8. The lowest BCUT2D eigenvalue weighted by Gasteiger charge is -2.11. The fraction of sp³-hybridized carbons (Fsp3) is 0.0667. The van der Waals surface area contributed by atoms with Gasteiger partial charge in [0.1, 0.15) is 5.75 Å². The van der Waals surface area contributed by atoms with Crippen LogP contribution in [0, 0.1) is 11.3 Å². The second kappa shape index (κ2) is 5.41. The largest absolute Gasteiger partial charge is 0.507 e. The Labute approximate surface area is 123 Å². The Morgan fingerprint density at radius 3 is 2.27 bits per heavy atom. The Balaban J connectivity index is 2.62. The number of hydrogen-bond donors (Lipinski definition) is 2. The van der Waals surface area contributed by atoms with Crippen LogP contribution in [0.25, 0.3) is 11.1 Å². The number of hydrogen-bond acceptors (Lipinski definition) is 3. The van der Waals surface area contributed by atoms with Gasteiger partial charge in [-0.25, -0.2) is 0 Å². The normalized spacial score (nSPS) is 11.0. The topological polar surface area (TPSA) is 87.1 Å². The van der Waals surface area contributed by atoms with E-state index in [1.54, 1.807) is 0 Å². The lowest BCUT2D eigenvalue weighted by Crippen LogP contribution is -2.11. The molecule has 1 amide bonds. The summed E-state index contributed by atoms with van der Waals surface area (Å²) >= 11 is 0. The molecule has 0 saturated heterocycles. The first-order valence-electron chi connectivity index (χ1n) is 5.98. The van der Waals surface area contributed by atoms with Crippen LogP contribution < -0.4 is 5.73 Å². The summed E-state index contributed by atoms with van der Waals surface area (Å²) in [7, 11) is 0. The number of rotatable bonds is 2. The molecule has 2 rings (SSSR count). The van der Waals surface area contributed by atoms with Gasteiger partial charge in [0.15, 0.2) is 0 Å². The molecule has 2 aromatic rings. The number of nitrogens with two attached hydrogens (primary N) is 1. The summed E-state index contributed by atoms with van der Waals surface area (Å²) in [5.74, 6) is -1.26. The Morgan fingerprint density at radius 2 is 1.73 bits per heavy atom. The zero-order chi connectivity index (χ0) is 16.5. The predicted molar refractivity (Wildman–Crippen MR) is 71.8 cm³/mol. The number of nitriles is 1. The third-order valence-electron chi connectivity index (χ3n) is 3.04. The van der Waals surface area contributed by atoms with Crippen molar-refractivity contribution >= 4 is 5.91 Å². The van der Waals surface area contributed by atoms with Crippen molar-refractivity contribution in [3.63, 3.8) is 0 Å². The summed E-state index contributed by atoms with van der Waals surface area (Å²) in [6.45, 7) is 0. The molecule has 0 aliphatic rings. The molecule has 0 heterocycles. The molecule has 0 aromatic heterocycles. The van der Waals surface area contributed by atoms with E-state index in [9.17, 15) is 23.1 Å². The van der Waals surface area contributed by atoms with Crippen molar-refractivity contribution in [1.82, 2.24) is 0 Å². The number of amides is 1. The van der Waals surface area contributed by atoms with Crippen molar-refractivity contribution in [1.29, 1.82) is 5.26 Å². The van der Waals surface area contributed by atoms with Gasteiger partial charge in [0.25, 0.3) is 5.91 Å². The van der Waals surface area contributed by atoms with Crippen LogP contribution in [0.1, 0.15) is 21.5 Å². The first kappa shape index (κ1) is 15.4. The Morgan fingerprint density at radius 1 is 1.14 bits per heavy atom. The second-order valence-corrected chi connectivity index (χ2v) is 4.47. The van der Waals surface area contributed by atoms with Crippen molar-refractivity contribution in [3.8, 4) is 22.9 Å². The summed E-state index contributed by atoms with van der Waals surface area (Å²) in [4.78, 5) is 11.2. The van der Waals surface area contributed by atoms with Crippen molar-refractivity contribution in [2.24, 2.45) is 5.73 Å². The van der Waals surface area contributed by atoms with Crippen LogP contribution in [0.3, 0.4) is 0 Å². The first-order chi connectivity index (χ1) is 10.2. The molecule has 22 heavy (non-hydrogen) atoms. The molecule has 2 aromatic carbocycles. The Bertz CT molecular complexity index is 792. The number of halogens is 3. The molecule has 4 nitrogen and oxygen atoms in total. The van der Waals surface area contributed by atoms with Crippen molar-refractivity contribution < 1.29 is 23.1 Å². The number of benzene rings is 2. The van der Waals surface area contributed by atoms with Crippen LogP contribution in [0.15, 0.2) is 36.4 Å². The smallest absolute Gasteiger partial charge is 0.417 e. The molecular formula is C15H9F3N2O2. The van der Waals surface area contributed by atoms with Crippen LogP contribution in [-0.4, -0.2) is 11.0 Å². The standard InChI is InChI=1S/C15H9F3N2O2/c16-15(17,18)12-6-9(1-2-10(12)7-19)8-3-4-13(21)11(5-8)14(20)22/h1-6,21H,(H2,20,22). The van der Waals surface area contributed by atoms with E-state index in [0.29, 0.717) is 0 Å². The maximum absolute atomic E-state index is 12.9. The zero-order valence-electron chi connectivity index (χ0n) is 11.0. The van der Waals surface area contributed by atoms with Crippen LogP contribution in [-0.2, 0) is 6.18 Å². The average Bonchev–Trinajstić information content (AvgIpc) is 2.46. The summed E-state index contributed by atoms with van der Waals surface area (Å²) in [6, 6.07) is 8.39. The van der Waals surface area contributed by atoms with Crippen LogP contribution in [0.5, 0.6) is 5.75 Å². The summed E-state index contributed by atoms with van der Waals surface area (Å²) in [5, 5.41) is 18.2. The quantitative estimate of drug-likeness (QED) is 0.894. The average molecular weight is 306 g/mol. The molecule has 0 aliphatic carbocycles. The number of carbonyl (C=O) groups excluding carboxylic acids is 1. The Kier molecular flexibility index (Phi) is 3.78. The van der Waals surface area contributed by atoms with E-state index in [1.165, 1.54) is 30.3 Å². The number of alkyl halides is 3. The summed E-state index contributed by atoms with van der Waals surface area (Å²) in [6.07, 6.45) is -4.68. The predicted octanol–water partition coefficient (Wildman–Crippen LogP) is 3.05. The first-order valence-corrected chi connectivity index (χ1v) is 5.98. The number of nitrogens with zero attached hydrogens (tertiary/aromatic N) is 1. The SMILES string of the molecule is N#Cc1ccc(-c2ccc(O)c(C(N)=O)c2)cc1C(F)(F)F. The highest BCUT2D eigenvalue weighted by molar-refractivity contribution is 5.96. The van der Waals surface area contributed by atoms with E-state index in [2.05, 4.69) is 0 Å². The fourth-order valence-corrected chi connectivity index (χ4v) is 1.97. The van der Waals surface area contributed by atoms with Gasteiger partial charge in [0, 0.05) is 0 Å². The molecule has 0 aliphatic heterocycles. The minimum absolute atomic E-state index is 0.147. The molecule has 0 saturated carbocycles. The van der Waals surface area contributed by atoms with Crippen LogP contribution >= 0.6 is 0 Å². The number of aromatic hydroxyl groups is 1. The molecule has 0 bridgehead atoms. The molecule has 0 atom stereocenters. The molecule has 0 spiro atoms. The minimum Gasteiger partial charge on any atom is -0.507 e. The maximum atomic E-state index is 12.9. The van der Waals surface area contributed by atoms with Gasteiger partial charge in [-0.2, -0.15) is 18.4 Å². The van der Waals surface area contributed by atoms with E-state index in [-0.39, 0.29) is 22.4 Å². The third kappa shape index (κ3) is 2.86. The number of phenols is 1. The van der Waals surface area contributed by atoms with Crippen molar-refractivity contribution in [3.05, 3.63) is 53.1 Å². The van der Waals surface area contributed by atoms with Gasteiger partial charge in [0.05, 0.1) is 22.8 Å². The molecule has 0 unspecified atom stereocenters. The van der Waals surface area contributed by atoms with E-state index in [0.717, 1.165) is 12.1 Å². The molecular weight excluding hydrogens is 297 g/mol. The molecule has 0 radical (unpaired) electrons. The Hall–Kier alpha value is -3.01. The van der Waals surface area contributed by atoms with Gasteiger partial charge in [-0.15, -0.1) is 0 Å². The van der Waals surface area contributed by atoms with E-state index in [1.807, 2.05) is 0 Å². The van der Waals surface area contributed by atoms with Crippen LogP contribution in [0.4, 0.5) is 13.2 Å². The fourth-order valence-electron chi connectivity index (χ4n) is 1.97. The lowest BCUT2D eigenvalue weighted by atomic mass is 9.97. The minimum atomic E-state index is -4.68. The molecule has 0 fully saturated rings. The highest BCUT2D eigenvalue weighted by atomic mass is 19.4. The number of carbonyl (C=O) groups is 1. The zero-order valence-corrected chi connectivity index (χ0v) is 11.0. The van der Waals surface area contributed by atoms with Gasteiger partial charge < -0.3 is 10.8 Å². The number of primary amides is 1. The molecule has 3 N–H and O–H groups in total. The van der Waals surface area contributed by atoms with Gasteiger partial charge in [-0.1, -0.05) is 12.1 Å².